The third-order valence-corrected chi connectivity index (χ3v) is 3.89. The van der Waals surface area contributed by atoms with Crippen molar-refractivity contribution in [2.75, 3.05) is 19.0 Å². The molecule has 104 valence electrons. The van der Waals surface area contributed by atoms with E-state index in [0.717, 1.165) is 24.2 Å². The molecule has 1 aromatic rings. The Bertz CT molecular complexity index is 436. The number of rotatable bonds is 6. The van der Waals surface area contributed by atoms with Crippen molar-refractivity contribution in [3.05, 3.63) is 29.8 Å². The molecule has 0 bridgehead atoms. The van der Waals surface area contributed by atoms with E-state index in [0.29, 0.717) is 24.9 Å². The van der Waals surface area contributed by atoms with Crippen molar-refractivity contribution in [2.45, 2.75) is 25.7 Å². The smallest absolute Gasteiger partial charge is 0.231 e. The normalized spacial score (nSPS) is 18.5. The van der Waals surface area contributed by atoms with Crippen LogP contribution in [0.15, 0.2) is 24.3 Å². The van der Waals surface area contributed by atoms with Gasteiger partial charge >= 0.3 is 0 Å². The number of ether oxygens (including phenoxy) is 1. The van der Waals surface area contributed by atoms with Crippen molar-refractivity contribution in [3.63, 3.8) is 0 Å². The molecule has 2 unspecified atom stereocenters. The summed E-state index contributed by atoms with van der Waals surface area (Å²) in [6.07, 6.45) is 1.97. The molecule has 0 saturated carbocycles. The van der Waals surface area contributed by atoms with Crippen LogP contribution < -0.4 is 10.1 Å². The molecular weight excluding hydrogens is 262 g/mol. The highest BCUT2D eigenvalue weighted by molar-refractivity contribution is 6.17. The molecule has 2 atom stereocenters. The lowest BCUT2D eigenvalue weighted by Gasteiger charge is -2.16. The van der Waals surface area contributed by atoms with Gasteiger partial charge in [-0.3, -0.25) is 4.79 Å². The Balaban J connectivity index is 1.91. The van der Waals surface area contributed by atoms with Gasteiger partial charge in [0.05, 0.1) is 0 Å². The van der Waals surface area contributed by atoms with Crippen LogP contribution in [-0.2, 0) is 4.79 Å². The van der Waals surface area contributed by atoms with Crippen LogP contribution >= 0.6 is 11.6 Å². The minimum atomic E-state index is -0.176. The predicted octanol–water partition coefficient (Wildman–Crippen LogP) is 2.93. The molecule has 2 rings (SSSR count). The molecule has 1 N–H and O–H groups in total. The summed E-state index contributed by atoms with van der Waals surface area (Å²) in [4.78, 5) is 12.2. The first-order chi connectivity index (χ1) is 9.26. The summed E-state index contributed by atoms with van der Waals surface area (Å²) >= 11 is 5.75. The van der Waals surface area contributed by atoms with E-state index in [1.807, 2.05) is 24.3 Å². The molecule has 3 nitrogen and oxygen atoms in total. The molecule has 0 aromatic heterocycles. The first-order valence-electron chi connectivity index (χ1n) is 6.81. The molecule has 4 heteroatoms. The van der Waals surface area contributed by atoms with Gasteiger partial charge in [0, 0.05) is 18.0 Å². The van der Waals surface area contributed by atoms with Crippen molar-refractivity contribution in [2.24, 2.45) is 5.92 Å². The molecule has 0 spiro atoms. The van der Waals surface area contributed by atoms with Crippen LogP contribution in [0.25, 0.3) is 0 Å². The second kappa shape index (κ2) is 6.80. The average Bonchev–Trinajstić information content (AvgIpc) is 2.87. The molecule has 19 heavy (non-hydrogen) atoms. The van der Waals surface area contributed by atoms with Crippen LogP contribution in [0.5, 0.6) is 5.75 Å². The zero-order valence-electron chi connectivity index (χ0n) is 11.2. The number of hydrogen-bond donors (Lipinski definition) is 1. The van der Waals surface area contributed by atoms with Gasteiger partial charge in [-0.25, -0.2) is 0 Å². The van der Waals surface area contributed by atoms with Gasteiger partial charge < -0.3 is 10.1 Å². The summed E-state index contributed by atoms with van der Waals surface area (Å²) in [5.41, 5.74) is 0.991. The number of nitrogens with one attached hydrogen (secondary N) is 1. The average molecular weight is 282 g/mol. The summed E-state index contributed by atoms with van der Waals surface area (Å²) < 4.78 is 5.53. The van der Waals surface area contributed by atoms with Gasteiger partial charge in [-0.15, -0.1) is 11.6 Å². The molecule has 1 heterocycles. The number of halogens is 1. The third-order valence-electron chi connectivity index (χ3n) is 3.68. The Labute approximate surface area is 119 Å². The van der Waals surface area contributed by atoms with Gasteiger partial charge in [-0.1, -0.05) is 31.5 Å². The Hall–Kier alpha value is -1.22. The third kappa shape index (κ3) is 3.41. The Morgan fingerprint density at radius 2 is 2.32 bits per heavy atom. The highest BCUT2D eigenvalue weighted by atomic mass is 35.5. The summed E-state index contributed by atoms with van der Waals surface area (Å²) in [7, 11) is 0. The number of amides is 1. The number of para-hydroxylation sites is 1. The maximum absolute atomic E-state index is 12.2. The largest absolute Gasteiger partial charge is 0.492 e. The van der Waals surface area contributed by atoms with E-state index in [9.17, 15) is 4.79 Å². The van der Waals surface area contributed by atoms with Gasteiger partial charge in [0.15, 0.2) is 0 Å². The topological polar surface area (TPSA) is 38.3 Å². The predicted molar refractivity (Wildman–Crippen MR) is 76.8 cm³/mol. The maximum Gasteiger partial charge on any atom is 0.231 e. The van der Waals surface area contributed by atoms with E-state index in [1.165, 1.54) is 0 Å². The van der Waals surface area contributed by atoms with E-state index >= 15 is 0 Å². The second-order valence-corrected chi connectivity index (χ2v) is 5.28. The minimum Gasteiger partial charge on any atom is -0.492 e. The van der Waals surface area contributed by atoms with Crippen molar-refractivity contribution in [1.29, 1.82) is 0 Å². The van der Waals surface area contributed by atoms with E-state index in [2.05, 4.69) is 12.2 Å². The summed E-state index contributed by atoms with van der Waals surface area (Å²) in [5, 5.41) is 3.02. The fourth-order valence-electron chi connectivity index (χ4n) is 2.35. The lowest BCUT2D eigenvalue weighted by molar-refractivity contribution is -0.122. The van der Waals surface area contributed by atoms with Gasteiger partial charge in [0.2, 0.25) is 5.91 Å². The molecule has 1 aliphatic heterocycles. The second-order valence-electron chi connectivity index (χ2n) is 4.90. The van der Waals surface area contributed by atoms with Crippen molar-refractivity contribution in [3.8, 4) is 5.75 Å². The summed E-state index contributed by atoms with van der Waals surface area (Å²) in [5.74, 6) is 1.81. The van der Waals surface area contributed by atoms with Crippen LogP contribution in [0, 0.1) is 5.92 Å². The fourth-order valence-corrected chi connectivity index (χ4v) is 2.66. The van der Waals surface area contributed by atoms with Crippen LogP contribution in [-0.4, -0.2) is 24.9 Å². The molecule has 0 radical (unpaired) electrons. The minimum absolute atomic E-state index is 0.0537. The number of carbonyl (C=O) groups is 1. The van der Waals surface area contributed by atoms with E-state index < -0.39 is 0 Å². The fraction of sp³-hybridized carbons (Fsp3) is 0.533. The highest BCUT2D eigenvalue weighted by Crippen LogP contribution is 2.33. The van der Waals surface area contributed by atoms with Crippen molar-refractivity contribution < 1.29 is 9.53 Å². The number of benzene rings is 1. The molecule has 0 aliphatic carbocycles. The quantitative estimate of drug-likeness (QED) is 0.814. The van der Waals surface area contributed by atoms with Crippen LogP contribution in [0.4, 0.5) is 0 Å². The van der Waals surface area contributed by atoms with Crippen LogP contribution in [0.3, 0.4) is 0 Å². The van der Waals surface area contributed by atoms with Crippen LogP contribution in [0.1, 0.15) is 31.2 Å². The first-order valence-corrected chi connectivity index (χ1v) is 7.35. The van der Waals surface area contributed by atoms with Gasteiger partial charge in [0.25, 0.3) is 0 Å². The molecule has 0 saturated heterocycles. The number of alkyl halides is 1. The SMILES string of the molecule is CCC(CCCl)CNC(=O)C1COc2ccccc21. The van der Waals surface area contributed by atoms with Gasteiger partial charge in [-0.2, -0.15) is 0 Å². The van der Waals surface area contributed by atoms with Crippen molar-refractivity contribution in [1.82, 2.24) is 5.32 Å². The first kappa shape index (κ1) is 14.2. The standard InChI is InChI=1S/C15H20ClNO2/c1-2-11(7-8-16)9-17-15(18)13-10-19-14-6-4-3-5-12(13)14/h3-6,11,13H,2,7-10H2,1H3,(H,17,18). The zero-order valence-corrected chi connectivity index (χ0v) is 12.0. The van der Waals surface area contributed by atoms with Gasteiger partial charge in [-0.05, 0) is 18.4 Å². The highest BCUT2D eigenvalue weighted by Gasteiger charge is 2.29. The summed E-state index contributed by atoms with van der Waals surface area (Å²) in [6, 6.07) is 7.73. The monoisotopic (exact) mass is 281 g/mol. The Morgan fingerprint density at radius 1 is 1.53 bits per heavy atom. The molecule has 1 aliphatic rings. The number of carbonyl (C=O) groups excluding carboxylic acids is 1. The van der Waals surface area contributed by atoms with E-state index in [1.54, 1.807) is 0 Å². The summed E-state index contributed by atoms with van der Waals surface area (Å²) in [6.45, 7) is 3.26. The number of hydrogen-bond acceptors (Lipinski definition) is 2. The van der Waals surface area contributed by atoms with E-state index in [-0.39, 0.29) is 11.8 Å². The lowest BCUT2D eigenvalue weighted by atomic mass is 9.99. The van der Waals surface area contributed by atoms with Crippen molar-refractivity contribution >= 4 is 17.5 Å². The lowest BCUT2D eigenvalue weighted by Crippen LogP contribution is -2.34. The Morgan fingerprint density at radius 3 is 3.05 bits per heavy atom. The van der Waals surface area contributed by atoms with Crippen LogP contribution in [0.2, 0.25) is 0 Å². The zero-order chi connectivity index (χ0) is 13.7. The molecule has 1 aromatic carbocycles. The molecular formula is C15H20ClNO2. The maximum atomic E-state index is 12.2. The number of fused-ring (bicyclic) bond motifs is 1. The Kier molecular flexibility index (Phi) is 5.08. The van der Waals surface area contributed by atoms with Gasteiger partial charge in [0.1, 0.15) is 18.3 Å². The molecule has 1 amide bonds. The van der Waals surface area contributed by atoms with E-state index in [4.69, 9.17) is 16.3 Å². The molecule has 0 fully saturated rings.